The Morgan fingerprint density at radius 1 is 1.35 bits per heavy atom. The van der Waals surface area contributed by atoms with Gasteiger partial charge in [-0.3, -0.25) is 0 Å². The van der Waals surface area contributed by atoms with Crippen LogP contribution in [0.15, 0.2) is 12.1 Å². The number of aromatic nitrogens is 1. The van der Waals surface area contributed by atoms with Gasteiger partial charge in [0.15, 0.2) is 0 Å². The third kappa shape index (κ3) is 2.78. The molecule has 0 N–H and O–H groups in total. The highest BCUT2D eigenvalue weighted by molar-refractivity contribution is 5.88. The van der Waals surface area contributed by atoms with Gasteiger partial charge in [0.2, 0.25) is 0 Å². The van der Waals surface area contributed by atoms with Crippen molar-refractivity contribution < 1.29 is 9.53 Å². The Hall–Kier alpha value is -2.09. The number of hydrogen-bond donors (Lipinski definition) is 0. The van der Waals surface area contributed by atoms with Crippen LogP contribution in [0.2, 0.25) is 0 Å². The van der Waals surface area contributed by atoms with Crippen molar-refractivity contribution >= 4 is 11.7 Å². The molecule has 23 heavy (non-hydrogen) atoms. The van der Waals surface area contributed by atoms with E-state index < -0.39 is 5.97 Å². The second-order valence-electron chi connectivity index (χ2n) is 7.20. The van der Waals surface area contributed by atoms with Crippen LogP contribution < -0.4 is 4.90 Å². The van der Waals surface area contributed by atoms with Crippen LogP contribution in [0.4, 0.5) is 5.69 Å². The maximum absolute atomic E-state index is 11.7. The van der Waals surface area contributed by atoms with Gasteiger partial charge in [-0.15, -0.1) is 0 Å². The molecule has 0 radical (unpaired) electrons. The zero-order valence-corrected chi connectivity index (χ0v) is 14.0. The van der Waals surface area contributed by atoms with Crippen molar-refractivity contribution in [2.24, 2.45) is 5.92 Å². The number of ether oxygens (including phenoxy) is 1. The van der Waals surface area contributed by atoms with E-state index >= 15 is 0 Å². The minimum Gasteiger partial charge on any atom is -0.464 e. The van der Waals surface area contributed by atoms with Gasteiger partial charge in [0.05, 0.1) is 24.6 Å². The van der Waals surface area contributed by atoms with Crippen LogP contribution in [0, 0.1) is 17.2 Å². The van der Waals surface area contributed by atoms with Crippen molar-refractivity contribution in [3.63, 3.8) is 0 Å². The first kappa shape index (κ1) is 15.8. The van der Waals surface area contributed by atoms with E-state index in [-0.39, 0.29) is 11.3 Å². The number of fused-ring (bicyclic) bond motifs is 1. The van der Waals surface area contributed by atoms with Crippen LogP contribution in [-0.2, 0) is 10.2 Å². The first-order chi connectivity index (χ1) is 11.0. The van der Waals surface area contributed by atoms with E-state index in [0.29, 0.717) is 11.7 Å². The summed E-state index contributed by atoms with van der Waals surface area (Å²) in [5, 5.41) is 9.07. The largest absolute Gasteiger partial charge is 0.464 e. The molecule has 1 aromatic heterocycles. The highest BCUT2D eigenvalue weighted by atomic mass is 16.5. The molecule has 1 aliphatic carbocycles. The highest BCUT2D eigenvalue weighted by Gasteiger charge is 2.40. The first-order valence-electron chi connectivity index (χ1n) is 8.22. The van der Waals surface area contributed by atoms with Gasteiger partial charge in [-0.25, -0.2) is 9.78 Å². The lowest BCUT2D eigenvalue weighted by atomic mass is 9.86. The van der Waals surface area contributed by atoms with Crippen LogP contribution in [0.5, 0.6) is 0 Å². The third-order valence-electron chi connectivity index (χ3n) is 5.10. The van der Waals surface area contributed by atoms with Crippen LogP contribution in [0.1, 0.15) is 55.7 Å². The summed E-state index contributed by atoms with van der Waals surface area (Å²) in [6.45, 7) is 5.24. The fourth-order valence-electron chi connectivity index (χ4n) is 3.83. The molecule has 1 fully saturated rings. The second kappa shape index (κ2) is 5.84. The van der Waals surface area contributed by atoms with Gasteiger partial charge >= 0.3 is 5.97 Å². The van der Waals surface area contributed by atoms with Gasteiger partial charge in [-0.1, -0.05) is 13.8 Å². The van der Waals surface area contributed by atoms with Crippen molar-refractivity contribution in [1.29, 1.82) is 5.26 Å². The average molecular weight is 313 g/mol. The number of pyridine rings is 1. The predicted octanol–water partition coefficient (Wildman–Crippen LogP) is 3.05. The number of esters is 1. The maximum Gasteiger partial charge on any atom is 0.356 e. The van der Waals surface area contributed by atoms with Gasteiger partial charge in [0, 0.05) is 23.9 Å². The predicted molar refractivity (Wildman–Crippen MR) is 87.3 cm³/mol. The second-order valence-corrected chi connectivity index (χ2v) is 7.20. The first-order valence-corrected chi connectivity index (χ1v) is 8.22. The van der Waals surface area contributed by atoms with Crippen LogP contribution >= 0.6 is 0 Å². The molecule has 5 heteroatoms. The summed E-state index contributed by atoms with van der Waals surface area (Å²) in [5.41, 5.74) is 2.38. The molecule has 0 aromatic carbocycles. The summed E-state index contributed by atoms with van der Waals surface area (Å²) in [6, 6.07) is 6.61. The van der Waals surface area contributed by atoms with E-state index in [1.54, 1.807) is 6.07 Å². The van der Waals surface area contributed by atoms with Gasteiger partial charge < -0.3 is 9.64 Å². The molecule has 0 saturated heterocycles. The highest BCUT2D eigenvalue weighted by Crippen LogP contribution is 2.43. The molecule has 2 aliphatic rings. The molecular formula is C18H23N3O2. The molecule has 0 bridgehead atoms. The zero-order chi connectivity index (χ0) is 16.6. The lowest BCUT2D eigenvalue weighted by molar-refractivity contribution is 0.0593. The quantitative estimate of drug-likeness (QED) is 0.785. The number of nitrogens with zero attached hydrogens (tertiary/aromatic N) is 3. The van der Waals surface area contributed by atoms with Crippen LogP contribution in [0.3, 0.4) is 0 Å². The number of nitriles is 1. The van der Waals surface area contributed by atoms with E-state index in [1.807, 2.05) is 6.07 Å². The number of rotatable bonds is 2. The lowest BCUT2D eigenvalue weighted by Crippen LogP contribution is -2.39. The molecule has 122 valence electrons. The van der Waals surface area contributed by atoms with Gasteiger partial charge in [0.1, 0.15) is 5.69 Å². The SMILES string of the molecule is COC(=O)c1ccc2c(n1)C(C)(C)CN2C1CCC(C#N)CC1. The van der Waals surface area contributed by atoms with Crippen molar-refractivity contribution in [2.45, 2.75) is 51.0 Å². The molecule has 1 aliphatic heterocycles. The topological polar surface area (TPSA) is 66.2 Å². The number of carbonyl (C=O) groups excluding carboxylic acids is 1. The number of anilines is 1. The fraction of sp³-hybridized carbons (Fsp3) is 0.611. The lowest BCUT2D eigenvalue weighted by Gasteiger charge is -2.35. The Kier molecular flexibility index (Phi) is 4.01. The summed E-state index contributed by atoms with van der Waals surface area (Å²) in [6.07, 6.45) is 4.04. The Balaban J connectivity index is 1.88. The van der Waals surface area contributed by atoms with E-state index in [4.69, 9.17) is 10.00 Å². The van der Waals surface area contributed by atoms with Crippen molar-refractivity contribution in [3.8, 4) is 6.07 Å². The molecule has 1 aromatic rings. The standard InChI is InChI=1S/C18H23N3O2/c1-18(2)11-21(13-6-4-12(10-19)5-7-13)15-9-8-14(17(22)23-3)20-16(15)18/h8-9,12-13H,4-7,11H2,1-3H3. The molecule has 0 amide bonds. The monoisotopic (exact) mass is 313 g/mol. The fourth-order valence-corrected chi connectivity index (χ4v) is 3.83. The van der Waals surface area contributed by atoms with E-state index in [9.17, 15) is 4.79 Å². The zero-order valence-electron chi connectivity index (χ0n) is 14.0. The molecule has 3 rings (SSSR count). The molecule has 0 spiro atoms. The molecule has 0 atom stereocenters. The Bertz CT molecular complexity index is 655. The summed E-state index contributed by atoms with van der Waals surface area (Å²) < 4.78 is 4.79. The van der Waals surface area contributed by atoms with Gasteiger partial charge in [0.25, 0.3) is 0 Å². The van der Waals surface area contributed by atoms with Crippen molar-refractivity contribution in [1.82, 2.24) is 4.98 Å². The minimum absolute atomic E-state index is 0.0918. The minimum atomic E-state index is -0.392. The summed E-state index contributed by atoms with van der Waals surface area (Å²) in [5.74, 6) is -0.183. The van der Waals surface area contributed by atoms with E-state index in [1.165, 1.54) is 7.11 Å². The molecule has 0 unspecified atom stereocenters. The Labute approximate surface area is 137 Å². The normalized spacial score (nSPS) is 25.6. The summed E-state index contributed by atoms with van der Waals surface area (Å²) in [4.78, 5) is 18.8. The third-order valence-corrected chi connectivity index (χ3v) is 5.10. The smallest absolute Gasteiger partial charge is 0.356 e. The van der Waals surface area contributed by atoms with Crippen LogP contribution in [0.25, 0.3) is 0 Å². The van der Waals surface area contributed by atoms with Gasteiger partial charge in [-0.2, -0.15) is 5.26 Å². The molecule has 5 nitrogen and oxygen atoms in total. The number of methoxy groups -OCH3 is 1. The summed E-state index contributed by atoms with van der Waals surface area (Å²) in [7, 11) is 1.38. The Morgan fingerprint density at radius 3 is 2.65 bits per heavy atom. The molecule has 2 heterocycles. The van der Waals surface area contributed by atoms with Crippen LogP contribution in [-0.4, -0.2) is 30.6 Å². The van der Waals surface area contributed by atoms with Crippen molar-refractivity contribution in [3.05, 3.63) is 23.5 Å². The molecular weight excluding hydrogens is 290 g/mol. The average Bonchev–Trinajstić information content (AvgIpc) is 2.85. The van der Waals surface area contributed by atoms with E-state index in [0.717, 1.165) is 43.6 Å². The number of carbonyl (C=O) groups is 1. The molecule has 1 saturated carbocycles. The Morgan fingerprint density at radius 2 is 2.04 bits per heavy atom. The number of hydrogen-bond acceptors (Lipinski definition) is 5. The van der Waals surface area contributed by atoms with E-state index in [2.05, 4.69) is 29.8 Å². The maximum atomic E-state index is 11.7. The summed E-state index contributed by atoms with van der Waals surface area (Å²) >= 11 is 0. The van der Waals surface area contributed by atoms with Gasteiger partial charge in [-0.05, 0) is 37.8 Å². The van der Waals surface area contributed by atoms with Crippen molar-refractivity contribution in [2.75, 3.05) is 18.6 Å².